The number of carbonyl (C=O) groups excluding carboxylic acids is 1. The van der Waals surface area contributed by atoms with Crippen molar-refractivity contribution in [1.82, 2.24) is 9.55 Å². The molecule has 0 saturated carbocycles. The van der Waals surface area contributed by atoms with Crippen LogP contribution in [0.1, 0.15) is 17.3 Å². The van der Waals surface area contributed by atoms with Crippen LogP contribution >= 0.6 is 0 Å². The molecule has 2 aromatic heterocycles. The number of esters is 1. The molecule has 0 saturated heterocycles. The molecule has 7 heteroatoms. The molecule has 7 nitrogen and oxygen atoms in total. The summed E-state index contributed by atoms with van der Waals surface area (Å²) in [6.45, 7) is 1.93. The van der Waals surface area contributed by atoms with E-state index in [0.717, 1.165) is 5.56 Å². The van der Waals surface area contributed by atoms with Gasteiger partial charge in [0.1, 0.15) is 29.2 Å². The molecule has 0 bridgehead atoms. The van der Waals surface area contributed by atoms with E-state index in [-0.39, 0.29) is 17.5 Å². The third kappa shape index (κ3) is 3.11. The van der Waals surface area contributed by atoms with E-state index in [4.69, 9.17) is 19.3 Å². The first-order valence-corrected chi connectivity index (χ1v) is 8.06. The summed E-state index contributed by atoms with van der Waals surface area (Å²) < 4.78 is 17.7. The first kappa shape index (κ1) is 17.5. The lowest BCUT2D eigenvalue weighted by molar-refractivity contribution is 0.0521. The highest BCUT2D eigenvalue weighted by Gasteiger charge is 2.22. The Labute approximate surface area is 150 Å². The molecule has 3 rings (SSSR count). The number of hydrogen-bond acceptors (Lipinski definition) is 6. The van der Waals surface area contributed by atoms with Crippen LogP contribution in [0.3, 0.4) is 0 Å². The van der Waals surface area contributed by atoms with Crippen molar-refractivity contribution in [3.63, 3.8) is 0 Å². The number of hydrogen-bond donors (Lipinski definition) is 1. The van der Waals surface area contributed by atoms with Gasteiger partial charge in [0, 0.05) is 25.0 Å². The van der Waals surface area contributed by atoms with Gasteiger partial charge in [-0.1, -0.05) is 0 Å². The number of nitrogens with one attached hydrogen (secondary N) is 1. The standard InChI is InChI=1S/C19H19N3O4/c1-4-25-19(23)14-11-26-17(12-5-7-13(24-3)8-6-12)15(16(14)20)18-21-9-10-22(18)2/h5-11,20H,4H2,1-3H3. The highest BCUT2D eigenvalue weighted by Crippen LogP contribution is 2.30. The Hall–Kier alpha value is -3.35. The lowest BCUT2D eigenvalue weighted by Gasteiger charge is -2.12. The average Bonchev–Trinajstić information content (AvgIpc) is 3.07. The van der Waals surface area contributed by atoms with Crippen molar-refractivity contribution in [1.29, 1.82) is 5.41 Å². The summed E-state index contributed by atoms with van der Waals surface area (Å²) in [5.41, 5.74) is 1.23. The fourth-order valence-electron chi connectivity index (χ4n) is 2.62. The van der Waals surface area contributed by atoms with Crippen LogP contribution in [0.25, 0.3) is 22.7 Å². The van der Waals surface area contributed by atoms with E-state index in [1.807, 2.05) is 19.2 Å². The fourth-order valence-corrected chi connectivity index (χ4v) is 2.62. The van der Waals surface area contributed by atoms with Crippen LogP contribution in [0.15, 0.2) is 47.3 Å². The van der Waals surface area contributed by atoms with Gasteiger partial charge in [-0.05, 0) is 31.2 Å². The van der Waals surface area contributed by atoms with Crippen LogP contribution in [0.5, 0.6) is 5.75 Å². The number of nitrogens with zero attached hydrogens (tertiary/aromatic N) is 2. The van der Waals surface area contributed by atoms with E-state index in [1.165, 1.54) is 6.26 Å². The molecular weight excluding hydrogens is 334 g/mol. The molecule has 0 aliphatic carbocycles. The fraction of sp³-hybridized carbons (Fsp3) is 0.211. The predicted molar refractivity (Wildman–Crippen MR) is 94.7 cm³/mol. The van der Waals surface area contributed by atoms with Crippen molar-refractivity contribution in [2.24, 2.45) is 7.05 Å². The Balaban J connectivity index is 2.24. The molecular formula is C19H19N3O4. The second-order valence-corrected chi connectivity index (χ2v) is 5.54. The minimum atomic E-state index is -0.599. The van der Waals surface area contributed by atoms with Crippen LogP contribution < -0.4 is 10.1 Å². The normalized spacial score (nSPS) is 10.6. The van der Waals surface area contributed by atoms with Crippen molar-refractivity contribution in [2.45, 2.75) is 6.92 Å². The second kappa shape index (κ2) is 7.26. The summed E-state index contributed by atoms with van der Waals surface area (Å²) in [7, 11) is 3.41. The van der Waals surface area contributed by atoms with Crippen molar-refractivity contribution in [2.75, 3.05) is 13.7 Å². The van der Waals surface area contributed by atoms with Crippen molar-refractivity contribution >= 4 is 5.97 Å². The quantitative estimate of drug-likeness (QED) is 0.712. The van der Waals surface area contributed by atoms with E-state index >= 15 is 0 Å². The summed E-state index contributed by atoms with van der Waals surface area (Å²) in [5, 5.41) is 8.57. The van der Waals surface area contributed by atoms with Gasteiger partial charge in [-0.2, -0.15) is 0 Å². The maximum Gasteiger partial charge on any atom is 0.343 e. The Bertz CT molecular complexity index is 987. The van der Waals surface area contributed by atoms with Gasteiger partial charge in [0.25, 0.3) is 0 Å². The SMILES string of the molecule is CCOC(=O)c1coc(-c2ccc(OC)cc2)c(-c2nccn2C)c1=N. The smallest absolute Gasteiger partial charge is 0.343 e. The van der Waals surface area contributed by atoms with E-state index in [0.29, 0.717) is 22.9 Å². The molecule has 0 unspecified atom stereocenters. The molecule has 1 N–H and O–H groups in total. The number of carbonyl (C=O) groups is 1. The van der Waals surface area contributed by atoms with E-state index in [9.17, 15) is 4.79 Å². The highest BCUT2D eigenvalue weighted by molar-refractivity contribution is 5.91. The van der Waals surface area contributed by atoms with Gasteiger partial charge in [0.2, 0.25) is 0 Å². The number of benzene rings is 1. The third-order valence-corrected chi connectivity index (χ3v) is 3.93. The number of rotatable bonds is 5. The monoisotopic (exact) mass is 353 g/mol. The van der Waals surface area contributed by atoms with Crippen LogP contribution in [-0.2, 0) is 11.8 Å². The number of ether oxygens (including phenoxy) is 2. The molecule has 1 aromatic carbocycles. The van der Waals surface area contributed by atoms with Crippen LogP contribution in [0.2, 0.25) is 0 Å². The van der Waals surface area contributed by atoms with Gasteiger partial charge in [-0.3, -0.25) is 5.41 Å². The highest BCUT2D eigenvalue weighted by atomic mass is 16.5. The third-order valence-electron chi connectivity index (χ3n) is 3.93. The molecule has 0 spiro atoms. The van der Waals surface area contributed by atoms with Gasteiger partial charge < -0.3 is 18.5 Å². The molecule has 0 radical (unpaired) electrons. The first-order valence-electron chi connectivity index (χ1n) is 8.06. The van der Waals surface area contributed by atoms with Gasteiger partial charge in [0.15, 0.2) is 0 Å². The van der Waals surface area contributed by atoms with Crippen molar-refractivity contribution in [3.05, 3.63) is 53.8 Å². The molecule has 134 valence electrons. The van der Waals surface area contributed by atoms with Crippen LogP contribution in [-0.4, -0.2) is 29.2 Å². The Morgan fingerprint density at radius 1 is 1.31 bits per heavy atom. The van der Waals surface area contributed by atoms with Crippen molar-refractivity contribution < 1.29 is 18.7 Å². The Kier molecular flexibility index (Phi) is 4.88. The maximum absolute atomic E-state index is 12.2. The molecule has 0 aliphatic heterocycles. The molecule has 3 aromatic rings. The largest absolute Gasteiger partial charge is 0.497 e. The van der Waals surface area contributed by atoms with Crippen molar-refractivity contribution in [3.8, 4) is 28.5 Å². The Morgan fingerprint density at radius 3 is 2.62 bits per heavy atom. The molecule has 26 heavy (non-hydrogen) atoms. The topological polar surface area (TPSA) is 90.3 Å². The summed E-state index contributed by atoms with van der Waals surface area (Å²) in [4.78, 5) is 16.5. The number of imidazole rings is 1. The molecule has 0 atom stereocenters. The van der Waals surface area contributed by atoms with Crippen LogP contribution in [0.4, 0.5) is 0 Å². The second-order valence-electron chi connectivity index (χ2n) is 5.54. The summed E-state index contributed by atoms with van der Waals surface area (Å²) >= 11 is 0. The maximum atomic E-state index is 12.2. The number of methoxy groups -OCH3 is 1. The zero-order valence-corrected chi connectivity index (χ0v) is 14.8. The molecule has 0 fully saturated rings. The Morgan fingerprint density at radius 2 is 2.04 bits per heavy atom. The van der Waals surface area contributed by atoms with Gasteiger partial charge in [-0.15, -0.1) is 0 Å². The summed E-state index contributed by atoms with van der Waals surface area (Å²) in [6.07, 6.45) is 4.65. The molecule has 0 amide bonds. The minimum Gasteiger partial charge on any atom is -0.497 e. The lowest BCUT2D eigenvalue weighted by atomic mass is 10.0. The zero-order chi connectivity index (χ0) is 18.7. The summed E-state index contributed by atoms with van der Waals surface area (Å²) in [6, 6.07) is 7.26. The number of aryl methyl sites for hydroxylation is 1. The van der Waals surface area contributed by atoms with Gasteiger partial charge in [0.05, 0.1) is 24.6 Å². The van der Waals surface area contributed by atoms with E-state index in [1.54, 1.807) is 43.1 Å². The van der Waals surface area contributed by atoms with E-state index < -0.39 is 5.97 Å². The van der Waals surface area contributed by atoms with Gasteiger partial charge >= 0.3 is 5.97 Å². The molecule has 0 aliphatic rings. The van der Waals surface area contributed by atoms with E-state index in [2.05, 4.69) is 4.98 Å². The van der Waals surface area contributed by atoms with Crippen LogP contribution in [0, 0.1) is 5.41 Å². The summed E-state index contributed by atoms with van der Waals surface area (Å²) in [5.74, 6) is 1.08. The number of aromatic nitrogens is 2. The lowest BCUT2D eigenvalue weighted by Crippen LogP contribution is -2.20. The minimum absolute atomic E-state index is 0.00909. The predicted octanol–water partition coefficient (Wildman–Crippen LogP) is 3.01. The zero-order valence-electron chi connectivity index (χ0n) is 14.8. The van der Waals surface area contributed by atoms with Gasteiger partial charge in [-0.25, -0.2) is 9.78 Å². The average molecular weight is 353 g/mol. The molecule has 2 heterocycles. The first-order chi connectivity index (χ1) is 12.6.